The van der Waals surface area contributed by atoms with Crippen LogP contribution >= 0.6 is 0 Å². The lowest BCUT2D eigenvalue weighted by Gasteiger charge is -2.37. The second kappa shape index (κ2) is 18.4. The summed E-state index contributed by atoms with van der Waals surface area (Å²) in [5.41, 5.74) is 0.480. The Kier molecular flexibility index (Phi) is 17.2. The predicted octanol–water partition coefficient (Wildman–Crippen LogP) is 11.3. The van der Waals surface area contributed by atoms with Gasteiger partial charge in [-0.3, -0.25) is 0 Å². The minimum Gasteiger partial charge on any atom is -0.546 e. The zero-order valence-electron chi connectivity index (χ0n) is 33.9. The van der Waals surface area contributed by atoms with Gasteiger partial charge in [0.2, 0.25) is 8.32 Å². The van der Waals surface area contributed by atoms with Crippen molar-refractivity contribution >= 4 is 30.9 Å². The molecule has 48 heavy (non-hydrogen) atoms. The third-order valence-corrected chi connectivity index (χ3v) is 20.5. The Morgan fingerprint density at radius 1 is 0.958 bits per heavy atom. The van der Waals surface area contributed by atoms with Crippen molar-refractivity contribution in [2.75, 3.05) is 6.61 Å². The van der Waals surface area contributed by atoms with Gasteiger partial charge in [-0.25, -0.2) is 4.79 Å². The van der Waals surface area contributed by atoms with Crippen molar-refractivity contribution in [1.29, 1.82) is 0 Å². The summed E-state index contributed by atoms with van der Waals surface area (Å²) >= 11 is 0. The summed E-state index contributed by atoms with van der Waals surface area (Å²) in [5.74, 6) is 6.65. The Labute approximate surface area is 299 Å². The van der Waals surface area contributed by atoms with Crippen molar-refractivity contribution in [1.82, 2.24) is 0 Å². The van der Waals surface area contributed by atoms with Crippen molar-refractivity contribution in [3.8, 4) is 11.8 Å². The zero-order valence-corrected chi connectivity index (χ0v) is 36.9. The largest absolute Gasteiger partial charge is 0.546 e. The SMILES string of the molecule is CCCCC(C)(C/C=C/[C@@H]1C(CC#CCOC(C(=O)O)C(C)(C)C)=C(O[Si](C)(C)C(C)(C)C)C[C@H]1O[Si](CC)(CC)CC)O[Si](C)(C)C. The molecule has 0 saturated carbocycles. The maximum atomic E-state index is 11.8. The van der Waals surface area contributed by atoms with Crippen molar-refractivity contribution in [3.63, 3.8) is 0 Å². The molecule has 0 aromatic carbocycles. The summed E-state index contributed by atoms with van der Waals surface area (Å²) in [4.78, 5) is 11.8. The normalized spacial score (nSPS) is 20.1. The average Bonchev–Trinajstić information content (AvgIpc) is 3.24. The van der Waals surface area contributed by atoms with Crippen molar-refractivity contribution < 1.29 is 27.9 Å². The van der Waals surface area contributed by atoms with E-state index in [2.05, 4.69) is 112 Å². The van der Waals surface area contributed by atoms with Crippen molar-refractivity contribution in [2.45, 2.75) is 188 Å². The van der Waals surface area contributed by atoms with Crippen LogP contribution in [0.15, 0.2) is 23.5 Å². The molecule has 9 heteroatoms. The molecule has 0 aliphatic heterocycles. The van der Waals surface area contributed by atoms with Crippen LogP contribution < -0.4 is 0 Å². The molecular weight excluding hydrogens is 649 g/mol. The topological polar surface area (TPSA) is 74.2 Å². The molecule has 0 aromatic rings. The molecule has 0 fully saturated rings. The van der Waals surface area contributed by atoms with Gasteiger partial charge >= 0.3 is 5.97 Å². The maximum Gasteiger partial charge on any atom is 0.333 e. The monoisotopic (exact) mass is 722 g/mol. The van der Waals surface area contributed by atoms with E-state index in [-0.39, 0.29) is 29.3 Å². The van der Waals surface area contributed by atoms with Gasteiger partial charge in [-0.05, 0) is 86.7 Å². The average molecular weight is 723 g/mol. The maximum absolute atomic E-state index is 11.8. The van der Waals surface area contributed by atoms with Gasteiger partial charge in [-0.1, -0.05) is 106 Å². The number of hydrogen-bond acceptors (Lipinski definition) is 5. The molecule has 0 bridgehead atoms. The number of ether oxygens (including phenoxy) is 1. The lowest BCUT2D eigenvalue weighted by atomic mass is 9.89. The summed E-state index contributed by atoms with van der Waals surface area (Å²) in [6.07, 6.45) is 9.29. The highest BCUT2D eigenvalue weighted by atomic mass is 28.4. The van der Waals surface area contributed by atoms with E-state index in [9.17, 15) is 9.90 Å². The second-order valence-corrected chi connectivity index (χ2v) is 31.6. The van der Waals surface area contributed by atoms with Gasteiger partial charge in [-0.2, -0.15) is 0 Å². The van der Waals surface area contributed by atoms with Gasteiger partial charge < -0.3 is 23.1 Å². The molecule has 1 aliphatic carbocycles. The number of unbranched alkanes of at least 4 members (excludes halogenated alkanes) is 1. The molecule has 0 amide bonds. The fourth-order valence-electron chi connectivity index (χ4n) is 6.29. The number of aliphatic carboxylic acids is 1. The molecule has 1 N–H and O–H groups in total. The van der Waals surface area contributed by atoms with Gasteiger partial charge in [0.1, 0.15) is 6.61 Å². The standard InChI is InChI=1S/C39H74O6Si3/c1-17-21-27-39(11,45-46(12,13)14)28-24-26-32-31(25-22-23-29-42-35(36(40)41)37(5,6)7)33(43-47(15,16)38(8,9)10)30-34(32)44-48(18-2,19-3)20-4/h24,26,32,34-35H,17-21,25,27-30H2,1-16H3,(H,40,41)/b26-24+/t32-,34-,35?,39?/m1/s1. The Balaban J connectivity index is 3.66. The number of carboxylic acid groups (broad SMARTS) is 1. The first kappa shape index (κ1) is 44.9. The van der Waals surface area contributed by atoms with Crippen LogP contribution in [0.5, 0.6) is 0 Å². The van der Waals surface area contributed by atoms with Crippen LogP contribution in [0.1, 0.15) is 115 Å². The number of carbonyl (C=O) groups is 1. The molecule has 2 unspecified atom stereocenters. The Morgan fingerprint density at radius 2 is 1.54 bits per heavy atom. The summed E-state index contributed by atoms with van der Waals surface area (Å²) in [7, 11) is -5.82. The fraction of sp³-hybridized carbons (Fsp3) is 0.821. The van der Waals surface area contributed by atoms with Crippen molar-refractivity contribution in [2.24, 2.45) is 11.3 Å². The highest BCUT2D eigenvalue weighted by Gasteiger charge is 2.45. The highest BCUT2D eigenvalue weighted by molar-refractivity contribution is 6.74. The molecule has 1 rings (SSSR count). The Morgan fingerprint density at radius 3 is 2.00 bits per heavy atom. The first-order valence-electron chi connectivity index (χ1n) is 18.7. The van der Waals surface area contributed by atoms with Crippen LogP contribution in [-0.2, 0) is 22.8 Å². The van der Waals surface area contributed by atoms with E-state index < -0.39 is 42.4 Å². The molecule has 4 atom stereocenters. The third kappa shape index (κ3) is 13.9. The third-order valence-electron chi connectivity index (χ3n) is 10.3. The van der Waals surface area contributed by atoms with Gasteiger partial charge in [0.15, 0.2) is 22.7 Å². The molecule has 0 saturated heterocycles. The first-order valence-corrected chi connectivity index (χ1v) is 27.5. The molecule has 0 spiro atoms. The molecule has 6 nitrogen and oxygen atoms in total. The lowest BCUT2D eigenvalue weighted by molar-refractivity contribution is -0.156. The van der Waals surface area contributed by atoms with E-state index in [1.807, 2.05) is 20.8 Å². The van der Waals surface area contributed by atoms with E-state index in [0.717, 1.165) is 56.0 Å². The molecule has 1 aliphatic rings. The van der Waals surface area contributed by atoms with E-state index in [1.165, 1.54) is 5.57 Å². The molecular formula is C39H74O6Si3. The predicted molar refractivity (Wildman–Crippen MR) is 211 cm³/mol. The van der Waals surface area contributed by atoms with Gasteiger partial charge in [-0.15, -0.1) is 0 Å². The zero-order chi connectivity index (χ0) is 37.2. The highest BCUT2D eigenvalue weighted by Crippen LogP contribution is 2.45. The smallest absolute Gasteiger partial charge is 0.333 e. The number of hydrogen-bond donors (Lipinski definition) is 1. The Hall–Kier alpha value is -1.16. The molecule has 278 valence electrons. The van der Waals surface area contributed by atoms with Gasteiger partial charge in [0.25, 0.3) is 0 Å². The second-order valence-electron chi connectivity index (χ2n) is 17.8. The number of rotatable bonds is 19. The Bertz CT molecular complexity index is 1130. The number of carboxylic acids is 1. The lowest BCUT2D eigenvalue weighted by Crippen LogP contribution is -2.42. The quantitative estimate of drug-likeness (QED) is 0.0813. The van der Waals surface area contributed by atoms with Crippen LogP contribution in [-0.4, -0.2) is 60.4 Å². The van der Waals surface area contributed by atoms with E-state index in [4.69, 9.17) is 18.0 Å². The van der Waals surface area contributed by atoms with Crippen LogP contribution in [0, 0.1) is 23.2 Å². The molecule has 0 heterocycles. The van der Waals surface area contributed by atoms with Crippen LogP contribution in [0.25, 0.3) is 0 Å². The van der Waals surface area contributed by atoms with Crippen molar-refractivity contribution in [3.05, 3.63) is 23.5 Å². The van der Waals surface area contributed by atoms with E-state index in [1.54, 1.807) is 0 Å². The van der Waals surface area contributed by atoms with Crippen LogP contribution in [0.2, 0.25) is 55.9 Å². The summed E-state index contributed by atoms with van der Waals surface area (Å²) in [6, 6.07) is 3.28. The molecule has 0 aromatic heterocycles. The summed E-state index contributed by atoms with van der Waals surface area (Å²) < 4.78 is 27.0. The van der Waals surface area contributed by atoms with E-state index >= 15 is 0 Å². The summed E-state index contributed by atoms with van der Waals surface area (Å²) in [6.45, 7) is 35.4. The minimum atomic E-state index is -2.14. The van der Waals surface area contributed by atoms with Crippen LogP contribution in [0.4, 0.5) is 0 Å². The summed E-state index contributed by atoms with van der Waals surface area (Å²) in [5, 5.41) is 9.75. The fourth-order valence-corrected chi connectivity index (χ4v) is 12.0. The minimum absolute atomic E-state index is 0.0117. The van der Waals surface area contributed by atoms with Gasteiger partial charge in [0.05, 0.1) is 17.5 Å². The first-order chi connectivity index (χ1) is 21.9. The van der Waals surface area contributed by atoms with E-state index in [0.29, 0.717) is 6.42 Å². The van der Waals surface area contributed by atoms with Crippen LogP contribution in [0.3, 0.4) is 0 Å². The van der Waals surface area contributed by atoms with Gasteiger partial charge in [0, 0.05) is 18.8 Å². The molecule has 0 radical (unpaired) electrons.